The van der Waals surface area contributed by atoms with Crippen LogP contribution in [-0.4, -0.2) is 61.2 Å². The summed E-state index contributed by atoms with van der Waals surface area (Å²) in [5.74, 6) is 1.56. The molecule has 2 atom stereocenters. The van der Waals surface area contributed by atoms with Gasteiger partial charge < -0.3 is 19.7 Å². The van der Waals surface area contributed by atoms with E-state index in [-0.39, 0.29) is 18.9 Å². The summed E-state index contributed by atoms with van der Waals surface area (Å²) in [6.07, 6.45) is 0. The second-order valence-corrected chi connectivity index (χ2v) is 11.2. The summed E-state index contributed by atoms with van der Waals surface area (Å²) >= 11 is 12.5. The second kappa shape index (κ2) is 13.0. The Bertz CT molecular complexity index is 1330. The number of nitrogens with zero attached hydrogens (tertiary/aromatic N) is 3. The van der Waals surface area contributed by atoms with E-state index in [2.05, 4.69) is 19.2 Å². The molecule has 2 unspecified atom stereocenters. The van der Waals surface area contributed by atoms with Crippen LogP contribution >= 0.6 is 23.2 Å². The van der Waals surface area contributed by atoms with Crippen LogP contribution in [0.4, 0.5) is 4.79 Å². The molecule has 0 saturated carbocycles. The van der Waals surface area contributed by atoms with Crippen LogP contribution in [0.3, 0.4) is 0 Å². The first-order valence-corrected chi connectivity index (χ1v) is 14.4. The van der Waals surface area contributed by atoms with Crippen molar-refractivity contribution in [2.75, 3.05) is 39.6 Å². The summed E-state index contributed by atoms with van der Waals surface area (Å²) in [5, 5.41) is 4.61. The fourth-order valence-corrected chi connectivity index (χ4v) is 5.28. The number of ether oxygens (including phenoxy) is 2. The number of carbonyl (C=O) groups excluding carboxylic acids is 1. The minimum Gasteiger partial charge on any atom is -0.467 e. The van der Waals surface area contributed by atoms with Gasteiger partial charge in [0.15, 0.2) is 6.79 Å². The van der Waals surface area contributed by atoms with E-state index >= 15 is 0 Å². The largest absolute Gasteiger partial charge is 0.467 e. The molecule has 2 aliphatic heterocycles. The van der Waals surface area contributed by atoms with Crippen molar-refractivity contribution in [3.05, 3.63) is 99.5 Å². The Hall–Kier alpha value is -3.10. The third-order valence-corrected chi connectivity index (χ3v) is 7.46. The Morgan fingerprint density at radius 2 is 1.57 bits per heavy atom. The highest BCUT2D eigenvalue weighted by atomic mass is 35.5. The summed E-state index contributed by atoms with van der Waals surface area (Å²) in [5.41, 5.74) is 2.62. The van der Waals surface area contributed by atoms with Gasteiger partial charge in [0.2, 0.25) is 0 Å². The molecule has 3 aromatic rings. The topological polar surface area (TPSA) is 66.4 Å². The van der Waals surface area contributed by atoms with Gasteiger partial charge in [-0.1, -0.05) is 73.4 Å². The molecule has 1 N–H and O–H groups in total. The summed E-state index contributed by atoms with van der Waals surface area (Å²) in [6.45, 7) is 7.59. The standard InChI is InChI=1S/C31H34Cl2N4O3/c1-21(2)19-39-20-40-27-6-4-3-5-26(27)30-35-28(22-7-11-24(32)12-8-22)29(23-9-13-25(33)14-10-23)37(30)31(38)36-17-15-34-16-18-36/h3-14,21,28-29,34H,15-20H2,1-2H3. The van der Waals surface area contributed by atoms with E-state index in [0.29, 0.717) is 47.2 Å². The number of nitrogens with one attached hydrogen (secondary N) is 1. The SMILES string of the molecule is CC(C)COCOc1ccccc1C1=NC(c2ccc(Cl)cc2)C(c2ccc(Cl)cc2)N1C(=O)N1CCNCC1. The minimum absolute atomic E-state index is 0.0949. The quantitative estimate of drug-likeness (QED) is 0.241. The first-order valence-electron chi connectivity index (χ1n) is 13.6. The van der Waals surface area contributed by atoms with Crippen LogP contribution in [-0.2, 0) is 4.74 Å². The maximum atomic E-state index is 14.3. The van der Waals surface area contributed by atoms with Gasteiger partial charge in [0.25, 0.3) is 0 Å². The average Bonchev–Trinajstić information content (AvgIpc) is 3.36. The first kappa shape index (κ1) is 28.4. The molecule has 7 nitrogen and oxygen atoms in total. The summed E-state index contributed by atoms with van der Waals surface area (Å²) in [4.78, 5) is 23.3. The minimum atomic E-state index is -0.402. The Morgan fingerprint density at radius 1 is 0.950 bits per heavy atom. The summed E-state index contributed by atoms with van der Waals surface area (Å²) in [7, 11) is 0. The number of amidine groups is 1. The van der Waals surface area contributed by atoms with Crippen molar-refractivity contribution in [2.24, 2.45) is 10.9 Å². The molecule has 0 aliphatic carbocycles. The van der Waals surface area contributed by atoms with Crippen LogP contribution < -0.4 is 10.1 Å². The lowest BCUT2D eigenvalue weighted by atomic mass is 9.93. The van der Waals surface area contributed by atoms with Gasteiger partial charge in [-0.3, -0.25) is 9.89 Å². The average molecular weight is 582 g/mol. The molecule has 1 saturated heterocycles. The molecule has 0 spiro atoms. The molecule has 9 heteroatoms. The lowest BCUT2D eigenvalue weighted by Crippen LogP contribution is -2.53. The smallest absolute Gasteiger partial charge is 0.326 e. The van der Waals surface area contributed by atoms with Gasteiger partial charge in [-0.25, -0.2) is 4.79 Å². The Labute approximate surface area is 245 Å². The maximum absolute atomic E-state index is 14.3. The van der Waals surface area contributed by atoms with Crippen molar-refractivity contribution in [2.45, 2.75) is 25.9 Å². The highest BCUT2D eigenvalue weighted by Gasteiger charge is 2.44. The van der Waals surface area contributed by atoms with Gasteiger partial charge >= 0.3 is 6.03 Å². The molecule has 2 amide bonds. The summed E-state index contributed by atoms with van der Waals surface area (Å²) in [6, 6.07) is 22.1. The van der Waals surface area contributed by atoms with Crippen molar-refractivity contribution >= 4 is 35.1 Å². The lowest BCUT2D eigenvalue weighted by Gasteiger charge is -2.36. The predicted octanol–water partition coefficient (Wildman–Crippen LogP) is 6.57. The van der Waals surface area contributed by atoms with E-state index < -0.39 is 6.04 Å². The second-order valence-electron chi connectivity index (χ2n) is 10.4. The molecule has 2 heterocycles. The molecule has 3 aromatic carbocycles. The number of hydrogen-bond acceptors (Lipinski definition) is 5. The predicted molar refractivity (Wildman–Crippen MR) is 159 cm³/mol. The molecule has 0 bridgehead atoms. The molecule has 0 aromatic heterocycles. The third-order valence-electron chi connectivity index (χ3n) is 6.96. The molecule has 1 fully saturated rings. The van der Waals surface area contributed by atoms with Crippen molar-refractivity contribution in [1.29, 1.82) is 0 Å². The van der Waals surface area contributed by atoms with Crippen molar-refractivity contribution < 1.29 is 14.3 Å². The number of piperazine rings is 1. The van der Waals surface area contributed by atoms with Gasteiger partial charge in [-0.05, 0) is 53.4 Å². The molecular formula is C31H34Cl2N4O3. The van der Waals surface area contributed by atoms with Gasteiger partial charge in [0, 0.05) is 36.2 Å². The zero-order valence-electron chi connectivity index (χ0n) is 22.7. The number of urea groups is 1. The first-order chi connectivity index (χ1) is 19.4. The van der Waals surface area contributed by atoms with Crippen LogP contribution in [0.1, 0.15) is 42.6 Å². The molecule has 5 rings (SSSR count). The lowest BCUT2D eigenvalue weighted by molar-refractivity contribution is 0.00259. The number of hydrogen-bond donors (Lipinski definition) is 1. The van der Waals surface area contributed by atoms with Crippen LogP contribution in [0.15, 0.2) is 77.8 Å². The Morgan fingerprint density at radius 3 is 2.23 bits per heavy atom. The van der Waals surface area contributed by atoms with E-state index in [9.17, 15) is 4.79 Å². The number of rotatable bonds is 8. The van der Waals surface area contributed by atoms with E-state index in [1.54, 1.807) is 0 Å². The Balaban J connectivity index is 1.60. The number of benzene rings is 3. The third kappa shape index (κ3) is 6.44. The highest BCUT2D eigenvalue weighted by Crippen LogP contribution is 2.45. The number of carbonyl (C=O) groups is 1. The number of halogens is 2. The van der Waals surface area contributed by atoms with Crippen LogP contribution in [0.5, 0.6) is 5.75 Å². The fraction of sp³-hybridized carbons (Fsp3) is 0.355. The van der Waals surface area contributed by atoms with Gasteiger partial charge in [-0.2, -0.15) is 0 Å². The molecule has 2 aliphatic rings. The van der Waals surface area contributed by atoms with E-state index in [1.807, 2.05) is 82.6 Å². The van der Waals surface area contributed by atoms with Crippen LogP contribution in [0.2, 0.25) is 10.0 Å². The fourth-order valence-electron chi connectivity index (χ4n) is 5.03. The van der Waals surface area contributed by atoms with E-state index in [1.165, 1.54) is 0 Å². The van der Waals surface area contributed by atoms with Gasteiger partial charge in [0.1, 0.15) is 17.6 Å². The van der Waals surface area contributed by atoms with E-state index in [4.69, 9.17) is 37.7 Å². The number of para-hydroxylation sites is 1. The van der Waals surface area contributed by atoms with Crippen molar-refractivity contribution in [3.63, 3.8) is 0 Å². The number of aliphatic imine (C=N–C) groups is 1. The van der Waals surface area contributed by atoms with Crippen LogP contribution in [0.25, 0.3) is 0 Å². The molecule has 40 heavy (non-hydrogen) atoms. The van der Waals surface area contributed by atoms with Crippen LogP contribution in [0, 0.1) is 5.92 Å². The summed E-state index contributed by atoms with van der Waals surface area (Å²) < 4.78 is 11.8. The Kier molecular flexibility index (Phi) is 9.27. The molecule has 210 valence electrons. The monoisotopic (exact) mass is 580 g/mol. The molecular weight excluding hydrogens is 547 g/mol. The maximum Gasteiger partial charge on any atom is 0.326 e. The van der Waals surface area contributed by atoms with Gasteiger partial charge in [-0.15, -0.1) is 0 Å². The highest BCUT2D eigenvalue weighted by molar-refractivity contribution is 6.30. The van der Waals surface area contributed by atoms with Gasteiger partial charge in [0.05, 0.1) is 18.2 Å². The zero-order chi connectivity index (χ0) is 28.1. The molecule has 0 radical (unpaired) electrons. The van der Waals surface area contributed by atoms with Crippen molar-refractivity contribution in [1.82, 2.24) is 15.1 Å². The normalized spacial score (nSPS) is 19.2. The number of amides is 2. The van der Waals surface area contributed by atoms with E-state index in [0.717, 1.165) is 29.8 Å². The zero-order valence-corrected chi connectivity index (χ0v) is 24.2. The van der Waals surface area contributed by atoms with Crippen molar-refractivity contribution in [3.8, 4) is 5.75 Å².